The third kappa shape index (κ3) is 3.72. The van der Waals surface area contributed by atoms with Gasteiger partial charge in [0.1, 0.15) is 12.4 Å². The zero-order valence-electron chi connectivity index (χ0n) is 13.4. The predicted molar refractivity (Wildman–Crippen MR) is 90.6 cm³/mol. The lowest BCUT2D eigenvalue weighted by molar-refractivity contribution is -0.122. The first-order valence-corrected chi connectivity index (χ1v) is 8.65. The smallest absolute Gasteiger partial charge is 0.242 e. The van der Waals surface area contributed by atoms with E-state index in [4.69, 9.17) is 12.2 Å². The second-order valence-corrected chi connectivity index (χ2v) is 6.48. The SMILES string of the molecule is Cc1nn(CC(=O)NC2CCCCCC2)c(=S)n1-n1cccc1. The van der Waals surface area contributed by atoms with Crippen LogP contribution in [-0.4, -0.2) is 31.1 Å². The van der Waals surface area contributed by atoms with E-state index in [9.17, 15) is 4.79 Å². The minimum absolute atomic E-state index is 0.00911. The molecule has 6 nitrogen and oxygen atoms in total. The Balaban J connectivity index is 1.69. The highest BCUT2D eigenvalue weighted by Gasteiger charge is 2.16. The number of rotatable bonds is 4. The number of nitrogens with one attached hydrogen (secondary N) is 1. The van der Waals surface area contributed by atoms with Crippen molar-refractivity contribution < 1.29 is 4.79 Å². The van der Waals surface area contributed by atoms with Crippen molar-refractivity contribution in [2.75, 3.05) is 0 Å². The number of aromatic nitrogens is 4. The summed E-state index contributed by atoms with van der Waals surface area (Å²) in [4.78, 5) is 12.3. The van der Waals surface area contributed by atoms with Gasteiger partial charge >= 0.3 is 0 Å². The third-order valence-corrected chi connectivity index (χ3v) is 4.69. The van der Waals surface area contributed by atoms with Crippen LogP contribution in [0.1, 0.15) is 44.3 Å². The number of nitrogens with zero attached hydrogens (tertiary/aromatic N) is 4. The van der Waals surface area contributed by atoms with Crippen molar-refractivity contribution in [3.63, 3.8) is 0 Å². The molecule has 124 valence electrons. The van der Waals surface area contributed by atoms with Crippen LogP contribution in [0.15, 0.2) is 24.5 Å². The Bertz CT molecular complexity index is 707. The van der Waals surface area contributed by atoms with Crippen molar-refractivity contribution in [2.45, 2.75) is 58.0 Å². The standard InChI is InChI=1S/C16H23N5OS/c1-13-18-20(16(23)21(13)19-10-6-7-11-19)12-15(22)17-14-8-4-2-3-5-9-14/h6-7,10-11,14H,2-5,8-9,12H2,1H3,(H,17,22). The van der Waals surface area contributed by atoms with Crippen LogP contribution in [-0.2, 0) is 11.3 Å². The molecule has 23 heavy (non-hydrogen) atoms. The summed E-state index contributed by atoms with van der Waals surface area (Å²) in [7, 11) is 0. The quantitative estimate of drug-likeness (QED) is 0.691. The molecule has 0 saturated heterocycles. The van der Waals surface area contributed by atoms with Crippen LogP contribution in [0.3, 0.4) is 0 Å². The molecule has 3 rings (SSSR count). The van der Waals surface area contributed by atoms with Crippen LogP contribution in [0.5, 0.6) is 0 Å². The average Bonchev–Trinajstić information content (AvgIpc) is 3.02. The fourth-order valence-electron chi connectivity index (χ4n) is 3.17. The Morgan fingerprint density at radius 3 is 2.57 bits per heavy atom. The maximum atomic E-state index is 12.3. The molecule has 1 saturated carbocycles. The Morgan fingerprint density at radius 1 is 1.26 bits per heavy atom. The fourth-order valence-corrected chi connectivity index (χ4v) is 3.50. The molecule has 0 aromatic carbocycles. The Morgan fingerprint density at radius 2 is 1.91 bits per heavy atom. The Labute approximate surface area is 141 Å². The van der Waals surface area contributed by atoms with E-state index in [2.05, 4.69) is 10.4 Å². The summed E-state index contributed by atoms with van der Waals surface area (Å²) in [5.41, 5.74) is 0. The Hall–Kier alpha value is -1.89. The van der Waals surface area contributed by atoms with Gasteiger partial charge in [-0.1, -0.05) is 25.7 Å². The van der Waals surface area contributed by atoms with Gasteiger partial charge < -0.3 is 5.32 Å². The van der Waals surface area contributed by atoms with Crippen LogP contribution in [0.25, 0.3) is 0 Å². The van der Waals surface area contributed by atoms with E-state index < -0.39 is 0 Å². The normalized spacial score (nSPS) is 16.2. The molecule has 0 radical (unpaired) electrons. The highest BCUT2D eigenvalue weighted by Crippen LogP contribution is 2.17. The van der Waals surface area contributed by atoms with Crippen molar-refractivity contribution in [3.8, 4) is 0 Å². The van der Waals surface area contributed by atoms with E-state index in [1.165, 1.54) is 25.7 Å². The second kappa shape index (κ2) is 7.12. The summed E-state index contributed by atoms with van der Waals surface area (Å²) in [5, 5.41) is 7.55. The van der Waals surface area contributed by atoms with Gasteiger partial charge in [0.25, 0.3) is 0 Å². The van der Waals surface area contributed by atoms with Crippen LogP contribution in [0, 0.1) is 11.7 Å². The highest BCUT2D eigenvalue weighted by molar-refractivity contribution is 7.71. The fraction of sp³-hybridized carbons (Fsp3) is 0.562. The number of carbonyl (C=O) groups is 1. The van der Waals surface area contributed by atoms with E-state index in [1.54, 1.807) is 4.68 Å². The van der Waals surface area contributed by atoms with Crippen molar-refractivity contribution in [3.05, 3.63) is 35.1 Å². The molecule has 2 heterocycles. The second-order valence-electron chi connectivity index (χ2n) is 6.12. The van der Waals surface area contributed by atoms with Crippen molar-refractivity contribution in [1.82, 2.24) is 24.4 Å². The summed E-state index contributed by atoms with van der Waals surface area (Å²) in [5.74, 6) is 0.749. The van der Waals surface area contributed by atoms with E-state index in [1.807, 2.05) is 40.8 Å². The summed E-state index contributed by atoms with van der Waals surface area (Å²) >= 11 is 5.47. The number of carbonyl (C=O) groups excluding carboxylic acids is 1. The van der Waals surface area contributed by atoms with Crippen molar-refractivity contribution >= 4 is 18.1 Å². The molecule has 1 fully saturated rings. The molecule has 0 aliphatic heterocycles. The lowest BCUT2D eigenvalue weighted by Crippen LogP contribution is -2.37. The topological polar surface area (TPSA) is 56.8 Å². The number of hydrogen-bond donors (Lipinski definition) is 1. The molecule has 2 aromatic rings. The molecule has 7 heteroatoms. The molecule has 0 spiro atoms. The van der Waals surface area contributed by atoms with Crippen LogP contribution < -0.4 is 5.32 Å². The van der Waals surface area contributed by atoms with Crippen molar-refractivity contribution in [2.24, 2.45) is 0 Å². The first kappa shape index (κ1) is 16.0. The maximum absolute atomic E-state index is 12.3. The monoisotopic (exact) mass is 333 g/mol. The van der Waals surface area contributed by atoms with Gasteiger partial charge in [-0.15, -0.1) is 0 Å². The minimum Gasteiger partial charge on any atom is -0.352 e. The predicted octanol–water partition coefficient (Wildman–Crippen LogP) is 2.67. The van der Waals surface area contributed by atoms with E-state index in [0.29, 0.717) is 10.8 Å². The molecular formula is C16H23N5OS. The molecule has 0 unspecified atom stereocenters. The van der Waals surface area contributed by atoms with E-state index in [0.717, 1.165) is 18.7 Å². The van der Waals surface area contributed by atoms with Gasteiger partial charge in [-0.05, 0) is 44.1 Å². The number of amides is 1. The molecule has 2 aromatic heterocycles. The van der Waals surface area contributed by atoms with Crippen LogP contribution >= 0.6 is 12.2 Å². The molecule has 0 bridgehead atoms. The summed E-state index contributed by atoms with van der Waals surface area (Å²) in [6, 6.07) is 4.15. The van der Waals surface area contributed by atoms with Crippen molar-refractivity contribution in [1.29, 1.82) is 0 Å². The molecule has 1 N–H and O–H groups in total. The molecule has 1 amide bonds. The van der Waals surface area contributed by atoms with Gasteiger partial charge in [0.2, 0.25) is 10.7 Å². The highest BCUT2D eigenvalue weighted by atomic mass is 32.1. The first-order chi connectivity index (χ1) is 11.1. The zero-order chi connectivity index (χ0) is 16.2. The average molecular weight is 333 g/mol. The largest absolute Gasteiger partial charge is 0.352 e. The molecule has 1 aliphatic carbocycles. The van der Waals surface area contributed by atoms with Gasteiger partial charge in [0.05, 0.1) is 0 Å². The Kier molecular flexibility index (Phi) is 4.95. The third-order valence-electron chi connectivity index (χ3n) is 4.31. The number of aryl methyl sites for hydroxylation is 1. The maximum Gasteiger partial charge on any atom is 0.242 e. The molecule has 1 aliphatic rings. The summed E-state index contributed by atoms with van der Waals surface area (Å²) in [6.45, 7) is 2.06. The zero-order valence-corrected chi connectivity index (χ0v) is 14.3. The van der Waals surface area contributed by atoms with Gasteiger partial charge in [0, 0.05) is 18.4 Å². The molecule has 0 atom stereocenters. The van der Waals surface area contributed by atoms with Gasteiger partial charge in [0.15, 0.2) is 0 Å². The lowest BCUT2D eigenvalue weighted by atomic mass is 10.1. The van der Waals surface area contributed by atoms with Gasteiger partial charge in [-0.2, -0.15) is 5.10 Å². The summed E-state index contributed by atoms with van der Waals surface area (Å²) in [6.07, 6.45) is 10.9. The number of hydrogen-bond acceptors (Lipinski definition) is 3. The van der Waals surface area contributed by atoms with E-state index >= 15 is 0 Å². The minimum atomic E-state index is -0.00911. The lowest BCUT2D eigenvalue weighted by Gasteiger charge is -2.16. The molecular weight excluding hydrogens is 310 g/mol. The van der Waals surface area contributed by atoms with Gasteiger partial charge in [-0.25, -0.2) is 9.36 Å². The summed E-state index contributed by atoms with van der Waals surface area (Å²) < 4.78 is 5.80. The van der Waals surface area contributed by atoms with Crippen LogP contribution in [0.2, 0.25) is 0 Å². The first-order valence-electron chi connectivity index (χ1n) is 8.24. The van der Waals surface area contributed by atoms with Gasteiger partial charge in [-0.3, -0.25) is 9.47 Å². The van der Waals surface area contributed by atoms with E-state index in [-0.39, 0.29) is 12.5 Å². The van der Waals surface area contributed by atoms with Crippen LogP contribution in [0.4, 0.5) is 0 Å².